The number of carbonyl (C=O) groups is 3. The summed E-state index contributed by atoms with van der Waals surface area (Å²) in [6.45, 7) is 10.7. The van der Waals surface area contributed by atoms with E-state index in [2.05, 4.69) is 5.32 Å². The maximum absolute atomic E-state index is 13.3. The van der Waals surface area contributed by atoms with Crippen molar-refractivity contribution >= 4 is 40.0 Å². The summed E-state index contributed by atoms with van der Waals surface area (Å²) in [5.41, 5.74) is 6.28. The molecule has 0 unspecified atom stereocenters. The minimum Gasteiger partial charge on any atom is -0.456 e. The molecule has 8 nitrogen and oxygen atoms in total. The average Bonchev–Trinajstić information content (AvgIpc) is 3.00. The van der Waals surface area contributed by atoms with E-state index in [0.29, 0.717) is 16.3 Å². The molecule has 1 aromatic carbocycles. The number of para-hydroxylation sites is 1. The zero-order chi connectivity index (χ0) is 24.6. The first kappa shape index (κ1) is 24.6. The number of hydrogen-bond donors (Lipinski definition) is 2. The van der Waals surface area contributed by atoms with Gasteiger partial charge in [-0.2, -0.15) is 0 Å². The van der Waals surface area contributed by atoms with Crippen LogP contribution in [0.5, 0.6) is 0 Å². The second kappa shape index (κ2) is 9.05. The lowest BCUT2D eigenvalue weighted by Gasteiger charge is -2.36. The van der Waals surface area contributed by atoms with Crippen molar-refractivity contribution in [2.24, 2.45) is 0 Å². The molecule has 1 aliphatic rings. The van der Waals surface area contributed by atoms with Gasteiger partial charge in [0.25, 0.3) is 0 Å². The third kappa shape index (κ3) is 6.04. The number of nitrogens with two attached hydrogens (primary N) is 1. The number of anilines is 2. The number of ether oxygens (including phenoxy) is 2. The molecular weight excluding hydrogens is 442 g/mol. The Morgan fingerprint density at radius 2 is 1.64 bits per heavy atom. The first-order valence-electron chi connectivity index (χ1n) is 10.7. The normalized spacial score (nSPS) is 16.1. The van der Waals surface area contributed by atoms with Crippen molar-refractivity contribution in [3.05, 3.63) is 46.3 Å². The van der Waals surface area contributed by atoms with Crippen molar-refractivity contribution in [1.29, 1.82) is 0 Å². The van der Waals surface area contributed by atoms with Crippen molar-refractivity contribution in [2.45, 2.75) is 71.8 Å². The molecule has 0 bridgehead atoms. The summed E-state index contributed by atoms with van der Waals surface area (Å²) in [6, 6.07) is 8.09. The first-order valence-corrected chi connectivity index (χ1v) is 11.6. The van der Waals surface area contributed by atoms with Gasteiger partial charge in [-0.1, -0.05) is 18.2 Å². The molecule has 3 N–H and O–H groups in total. The first-order chi connectivity index (χ1) is 15.2. The molecule has 2 aromatic rings. The van der Waals surface area contributed by atoms with Crippen LogP contribution in [-0.4, -0.2) is 40.1 Å². The number of nitrogen functional groups attached to an aromatic ring is 1. The van der Waals surface area contributed by atoms with Crippen LogP contribution in [0.15, 0.2) is 30.3 Å². The van der Waals surface area contributed by atoms with E-state index < -0.39 is 29.3 Å². The third-order valence-electron chi connectivity index (χ3n) is 4.78. The topological polar surface area (TPSA) is 111 Å². The van der Waals surface area contributed by atoms with Crippen molar-refractivity contribution in [2.75, 3.05) is 11.1 Å². The molecule has 0 saturated carbocycles. The van der Waals surface area contributed by atoms with Crippen LogP contribution < -0.4 is 11.1 Å². The molecule has 9 heteroatoms. The summed E-state index contributed by atoms with van der Waals surface area (Å²) in [6.07, 6.45) is -0.484. The van der Waals surface area contributed by atoms with Crippen molar-refractivity contribution in [1.82, 2.24) is 4.90 Å². The highest BCUT2D eigenvalue weighted by Crippen LogP contribution is 2.38. The van der Waals surface area contributed by atoms with Gasteiger partial charge in [-0.15, -0.1) is 11.3 Å². The Balaban J connectivity index is 1.97. The Morgan fingerprint density at radius 1 is 1.03 bits per heavy atom. The Bertz CT molecular complexity index is 1050. The molecule has 0 radical (unpaired) electrons. The highest BCUT2D eigenvalue weighted by molar-refractivity contribution is 7.16. The van der Waals surface area contributed by atoms with E-state index in [0.717, 1.165) is 4.88 Å². The number of esters is 1. The van der Waals surface area contributed by atoms with Gasteiger partial charge < -0.3 is 20.5 Å². The van der Waals surface area contributed by atoms with Crippen LogP contribution in [0.4, 0.5) is 15.5 Å². The number of nitrogens with one attached hydrogen (secondary N) is 1. The van der Waals surface area contributed by atoms with Gasteiger partial charge in [-0.3, -0.25) is 9.69 Å². The predicted molar refractivity (Wildman–Crippen MR) is 128 cm³/mol. The highest BCUT2D eigenvalue weighted by Gasteiger charge is 2.41. The van der Waals surface area contributed by atoms with Crippen molar-refractivity contribution < 1.29 is 23.9 Å². The second-order valence-corrected chi connectivity index (χ2v) is 11.1. The SMILES string of the molecule is CC(C)(C)OC(=O)c1c(N)sc2c1C[C@@H](C(=O)Nc1ccccc1)N(C(=O)OC(C)(C)C)C2. The molecule has 0 spiro atoms. The van der Waals surface area contributed by atoms with Gasteiger partial charge in [0.15, 0.2) is 0 Å². The molecule has 2 amide bonds. The summed E-state index contributed by atoms with van der Waals surface area (Å²) in [5, 5.41) is 3.16. The number of rotatable bonds is 3. The van der Waals surface area contributed by atoms with Crippen molar-refractivity contribution in [3.8, 4) is 0 Å². The zero-order valence-corrected chi connectivity index (χ0v) is 20.7. The van der Waals surface area contributed by atoms with Crippen LogP contribution in [0.25, 0.3) is 0 Å². The zero-order valence-electron chi connectivity index (χ0n) is 19.9. The van der Waals surface area contributed by atoms with Crippen LogP contribution >= 0.6 is 11.3 Å². The van der Waals surface area contributed by atoms with Crippen LogP contribution in [0.2, 0.25) is 0 Å². The lowest BCUT2D eigenvalue weighted by Crippen LogP contribution is -2.51. The molecule has 33 heavy (non-hydrogen) atoms. The average molecular weight is 474 g/mol. The Kier molecular flexibility index (Phi) is 6.74. The van der Waals surface area contributed by atoms with E-state index in [-0.39, 0.29) is 24.4 Å². The summed E-state index contributed by atoms with van der Waals surface area (Å²) in [7, 11) is 0. The Hall–Kier alpha value is -3.07. The van der Waals surface area contributed by atoms with E-state index in [4.69, 9.17) is 15.2 Å². The molecule has 1 aromatic heterocycles. The molecule has 2 heterocycles. The molecule has 1 aliphatic heterocycles. The molecule has 178 valence electrons. The van der Waals surface area contributed by atoms with E-state index in [9.17, 15) is 14.4 Å². The predicted octanol–water partition coefficient (Wildman–Crippen LogP) is 4.59. The minimum atomic E-state index is -0.886. The van der Waals surface area contributed by atoms with Gasteiger partial charge in [0.1, 0.15) is 22.2 Å². The molecule has 3 rings (SSSR count). The second-order valence-electron chi connectivity index (χ2n) is 9.93. The molecule has 0 fully saturated rings. The number of fused-ring (bicyclic) bond motifs is 1. The quantitative estimate of drug-likeness (QED) is 0.631. The van der Waals surface area contributed by atoms with Crippen LogP contribution in [-0.2, 0) is 27.2 Å². The fourth-order valence-corrected chi connectivity index (χ4v) is 4.58. The Labute approximate surface area is 198 Å². The van der Waals surface area contributed by atoms with Crippen LogP contribution in [0, 0.1) is 0 Å². The van der Waals surface area contributed by atoms with Crippen LogP contribution in [0.1, 0.15) is 62.3 Å². The van der Waals surface area contributed by atoms with Gasteiger partial charge in [0.2, 0.25) is 5.91 Å². The summed E-state index contributed by atoms with van der Waals surface area (Å²) >= 11 is 1.22. The van der Waals surface area contributed by atoms with E-state index in [1.165, 1.54) is 16.2 Å². The van der Waals surface area contributed by atoms with Gasteiger partial charge in [-0.05, 0) is 59.2 Å². The van der Waals surface area contributed by atoms with Gasteiger partial charge >= 0.3 is 12.1 Å². The highest BCUT2D eigenvalue weighted by atomic mass is 32.1. The lowest BCUT2D eigenvalue weighted by atomic mass is 9.95. The number of benzene rings is 1. The van der Waals surface area contributed by atoms with E-state index in [1.807, 2.05) is 6.07 Å². The lowest BCUT2D eigenvalue weighted by molar-refractivity contribution is -0.121. The van der Waals surface area contributed by atoms with Gasteiger partial charge in [0.05, 0.1) is 12.1 Å². The van der Waals surface area contributed by atoms with E-state index in [1.54, 1.807) is 65.8 Å². The molecule has 0 aliphatic carbocycles. The number of thiophene rings is 1. The number of carbonyl (C=O) groups excluding carboxylic acids is 3. The van der Waals surface area contributed by atoms with E-state index >= 15 is 0 Å². The fourth-order valence-electron chi connectivity index (χ4n) is 3.49. The maximum atomic E-state index is 13.3. The molecular formula is C24H31N3O5S. The number of nitrogens with zero attached hydrogens (tertiary/aromatic N) is 1. The standard InChI is InChI=1S/C24H31N3O5S/c1-23(2,3)31-21(29)18-15-12-16(20(28)26-14-10-8-7-9-11-14)27(13-17(15)33-19(18)25)22(30)32-24(4,5)6/h7-11,16H,12-13,25H2,1-6H3,(H,26,28)/t16-/m0/s1. The Morgan fingerprint density at radius 3 is 2.21 bits per heavy atom. The van der Waals surface area contributed by atoms with Gasteiger partial charge in [-0.25, -0.2) is 9.59 Å². The number of hydrogen-bond acceptors (Lipinski definition) is 7. The molecule has 1 atom stereocenters. The van der Waals surface area contributed by atoms with Crippen LogP contribution in [0.3, 0.4) is 0 Å². The van der Waals surface area contributed by atoms with Crippen molar-refractivity contribution in [3.63, 3.8) is 0 Å². The third-order valence-corrected chi connectivity index (χ3v) is 5.83. The monoisotopic (exact) mass is 473 g/mol. The summed E-state index contributed by atoms with van der Waals surface area (Å²) in [4.78, 5) is 41.3. The number of amides is 2. The fraction of sp³-hybridized carbons (Fsp3) is 0.458. The smallest absolute Gasteiger partial charge is 0.411 e. The summed E-state index contributed by atoms with van der Waals surface area (Å²) in [5.74, 6) is -0.914. The maximum Gasteiger partial charge on any atom is 0.411 e. The largest absolute Gasteiger partial charge is 0.456 e. The molecule has 0 saturated heterocycles. The minimum absolute atomic E-state index is 0.106. The van der Waals surface area contributed by atoms with Gasteiger partial charge in [0, 0.05) is 17.0 Å². The summed E-state index contributed by atoms with van der Waals surface area (Å²) < 4.78 is 11.1.